The van der Waals surface area contributed by atoms with E-state index in [-0.39, 0.29) is 6.04 Å². The van der Waals surface area contributed by atoms with Crippen molar-refractivity contribution in [2.24, 2.45) is 0 Å². The number of pyridine rings is 1. The topological polar surface area (TPSA) is 58.4 Å². The first-order chi connectivity index (χ1) is 16.3. The van der Waals surface area contributed by atoms with Crippen LogP contribution < -0.4 is 9.47 Å². The van der Waals surface area contributed by atoms with Gasteiger partial charge in [0, 0.05) is 29.9 Å². The number of methoxy groups -OCH3 is 2. The predicted octanol–water partition coefficient (Wildman–Crippen LogP) is 5.33. The molecule has 1 unspecified atom stereocenters. The molecule has 0 amide bonds. The quantitative estimate of drug-likeness (QED) is 0.370. The molecule has 0 fully saturated rings. The first-order valence-electron chi connectivity index (χ1n) is 11.1. The molecule has 1 aliphatic heterocycles. The normalized spacial score (nSPS) is 14.8. The molecule has 0 N–H and O–H groups in total. The third kappa shape index (κ3) is 4.34. The molecule has 0 saturated heterocycles. The summed E-state index contributed by atoms with van der Waals surface area (Å²) in [6.07, 6.45) is 5.60. The van der Waals surface area contributed by atoms with Gasteiger partial charge in [-0.15, -0.1) is 0 Å². The van der Waals surface area contributed by atoms with Gasteiger partial charge in [0.15, 0.2) is 0 Å². The van der Waals surface area contributed by atoms with E-state index in [9.17, 15) is 0 Å². The van der Waals surface area contributed by atoms with Crippen molar-refractivity contribution in [3.05, 3.63) is 84.4 Å². The van der Waals surface area contributed by atoms with Crippen molar-refractivity contribution in [1.29, 1.82) is 0 Å². The van der Waals surface area contributed by atoms with Gasteiger partial charge in [-0.1, -0.05) is 24.3 Å². The molecule has 0 saturated carbocycles. The van der Waals surface area contributed by atoms with Crippen molar-refractivity contribution in [2.75, 3.05) is 20.8 Å². The Hall–Kier alpha value is -3.64. The van der Waals surface area contributed by atoms with Gasteiger partial charge in [0.2, 0.25) is 0 Å². The minimum atomic E-state index is 0.230. The largest absolute Gasteiger partial charge is 0.497 e. The summed E-state index contributed by atoms with van der Waals surface area (Å²) in [6.45, 7) is 1.20. The van der Waals surface area contributed by atoms with Crippen LogP contribution in [0.2, 0.25) is 0 Å². The molecular weight excluding hydrogens is 414 g/mol. The number of ether oxygens (including phenoxy) is 3. The number of aromatic nitrogens is 3. The minimum absolute atomic E-state index is 0.230. The Labute approximate surface area is 193 Å². The highest BCUT2D eigenvalue weighted by molar-refractivity contribution is 5.80. The highest BCUT2D eigenvalue weighted by Crippen LogP contribution is 2.40. The average Bonchev–Trinajstić information content (AvgIpc) is 3.45. The van der Waals surface area contributed by atoms with E-state index in [4.69, 9.17) is 19.2 Å². The summed E-state index contributed by atoms with van der Waals surface area (Å²) < 4.78 is 19.2. The zero-order valence-corrected chi connectivity index (χ0v) is 18.9. The van der Waals surface area contributed by atoms with Gasteiger partial charge in [0.25, 0.3) is 0 Å². The van der Waals surface area contributed by atoms with E-state index in [1.54, 1.807) is 14.2 Å². The second-order valence-electron chi connectivity index (χ2n) is 8.12. The molecule has 2 aromatic heterocycles. The Bertz CT molecular complexity index is 1220. The van der Waals surface area contributed by atoms with Crippen molar-refractivity contribution >= 4 is 0 Å². The lowest BCUT2D eigenvalue weighted by Gasteiger charge is -2.18. The second-order valence-corrected chi connectivity index (χ2v) is 8.12. The summed E-state index contributed by atoms with van der Waals surface area (Å²) in [7, 11) is 3.36. The van der Waals surface area contributed by atoms with Crippen LogP contribution in [0.15, 0.2) is 73.1 Å². The van der Waals surface area contributed by atoms with Crippen LogP contribution in [0.4, 0.5) is 0 Å². The van der Waals surface area contributed by atoms with Gasteiger partial charge in [0.1, 0.15) is 17.3 Å². The number of imidazole rings is 1. The predicted molar refractivity (Wildman–Crippen MR) is 127 cm³/mol. The summed E-state index contributed by atoms with van der Waals surface area (Å²) in [4.78, 5) is 9.28. The number of fused-ring (bicyclic) bond motifs is 1. The number of hydrogen-bond donors (Lipinski definition) is 0. The maximum absolute atomic E-state index is 6.15. The molecule has 33 heavy (non-hydrogen) atoms. The fourth-order valence-corrected chi connectivity index (χ4v) is 4.42. The van der Waals surface area contributed by atoms with Gasteiger partial charge in [-0.3, -0.25) is 4.98 Å². The van der Waals surface area contributed by atoms with E-state index in [2.05, 4.69) is 15.6 Å². The average molecular weight is 442 g/mol. The van der Waals surface area contributed by atoms with E-state index >= 15 is 0 Å². The smallest absolute Gasteiger partial charge is 0.119 e. The van der Waals surface area contributed by atoms with Crippen LogP contribution in [0, 0.1) is 0 Å². The van der Waals surface area contributed by atoms with Crippen LogP contribution in [-0.2, 0) is 17.8 Å². The van der Waals surface area contributed by atoms with E-state index in [1.165, 1.54) is 0 Å². The Morgan fingerprint density at radius 1 is 0.909 bits per heavy atom. The zero-order valence-electron chi connectivity index (χ0n) is 18.9. The van der Waals surface area contributed by atoms with Crippen molar-refractivity contribution < 1.29 is 14.2 Å². The van der Waals surface area contributed by atoms with Gasteiger partial charge in [-0.2, -0.15) is 0 Å². The first-order valence-corrected chi connectivity index (χ1v) is 11.1. The summed E-state index contributed by atoms with van der Waals surface area (Å²) >= 11 is 0. The molecule has 2 aromatic carbocycles. The standard InChI is InChI=1S/C27H27N3O3/c1-31-23-9-6-19(7-10-23)17-33-18-22-8-11-25-29-26(21-4-3-5-24(16-21)32-2)27(30(22)25)20-12-14-28-15-13-20/h3-7,9-10,12-16,22H,8,11,17-18H2,1-2H3. The molecule has 168 valence electrons. The van der Waals surface area contributed by atoms with Gasteiger partial charge < -0.3 is 18.8 Å². The fourth-order valence-electron chi connectivity index (χ4n) is 4.42. The highest BCUT2D eigenvalue weighted by Gasteiger charge is 2.30. The van der Waals surface area contributed by atoms with Crippen molar-refractivity contribution in [3.8, 4) is 34.0 Å². The molecule has 6 nitrogen and oxygen atoms in total. The third-order valence-corrected chi connectivity index (χ3v) is 6.09. The Morgan fingerprint density at radius 2 is 1.70 bits per heavy atom. The second kappa shape index (κ2) is 9.46. The molecule has 1 aliphatic rings. The van der Waals surface area contributed by atoms with E-state index in [0.29, 0.717) is 13.2 Å². The maximum atomic E-state index is 6.15. The zero-order chi connectivity index (χ0) is 22.6. The van der Waals surface area contributed by atoms with E-state index in [1.807, 2.05) is 67.0 Å². The van der Waals surface area contributed by atoms with Crippen LogP contribution in [0.25, 0.3) is 22.5 Å². The summed E-state index contributed by atoms with van der Waals surface area (Å²) in [5.41, 5.74) is 5.35. The van der Waals surface area contributed by atoms with Crippen LogP contribution in [0.1, 0.15) is 23.9 Å². The number of hydrogen-bond acceptors (Lipinski definition) is 5. The Balaban J connectivity index is 1.44. The fraction of sp³-hybridized carbons (Fsp3) is 0.259. The van der Waals surface area contributed by atoms with E-state index < -0.39 is 0 Å². The monoisotopic (exact) mass is 441 g/mol. The molecule has 0 bridgehead atoms. The molecule has 0 radical (unpaired) electrons. The third-order valence-electron chi connectivity index (χ3n) is 6.09. The van der Waals surface area contributed by atoms with Gasteiger partial charge >= 0.3 is 0 Å². The number of aryl methyl sites for hydroxylation is 1. The lowest BCUT2D eigenvalue weighted by Crippen LogP contribution is -2.13. The molecule has 3 heterocycles. The molecule has 0 spiro atoms. The molecule has 0 aliphatic carbocycles. The minimum Gasteiger partial charge on any atom is -0.497 e. The Kier molecular flexibility index (Phi) is 6.09. The molecular formula is C27H27N3O3. The lowest BCUT2D eigenvalue weighted by atomic mass is 10.0. The van der Waals surface area contributed by atoms with Crippen LogP contribution in [0.3, 0.4) is 0 Å². The summed E-state index contributed by atoms with van der Waals surface area (Å²) in [5.74, 6) is 2.77. The summed E-state index contributed by atoms with van der Waals surface area (Å²) in [6, 6.07) is 20.4. The van der Waals surface area contributed by atoms with Crippen molar-refractivity contribution in [2.45, 2.75) is 25.5 Å². The highest BCUT2D eigenvalue weighted by atomic mass is 16.5. The summed E-state index contributed by atoms with van der Waals surface area (Å²) in [5, 5.41) is 0. The van der Waals surface area contributed by atoms with Gasteiger partial charge in [-0.05, 0) is 48.4 Å². The molecule has 1 atom stereocenters. The van der Waals surface area contributed by atoms with Crippen LogP contribution in [0.5, 0.6) is 11.5 Å². The molecule has 4 aromatic rings. The lowest BCUT2D eigenvalue weighted by molar-refractivity contribution is 0.0925. The SMILES string of the molecule is COc1ccc(COCC2CCc3nc(-c4cccc(OC)c4)c(-c4ccncc4)n32)cc1. The number of benzene rings is 2. The van der Waals surface area contributed by atoms with Crippen LogP contribution >= 0.6 is 0 Å². The molecule has 5 rings (SSSR count). The first kappa shape index (κ1) is 21.2. The van der Waals surface area contributed by atoms with E-state index in [0.717, 1.165) is 58.2 Å². The number of nitrogens with zero attached hydrogens (tertiary/aromatic N) is 3. The van der Waals surface area contributed by atoms with Crippen molar-refractivity contribution in [3.63, 3.8) is 0 Å². The molecule has 6 heteroatoms. The van der Waals surface area contributed by atoms with Crippen LogP contribution in [-0.4, -0.2) is 35.4 Å². The van der Waals surface area contributed by atoms with Gasteiger partial charge in [0.05, 0.1) is 44.9 Å². The van der Waals surface area contributed by atoms with Crippen molar-refractivity contribution in [1.82, 2.24) is 14.5 Å². The Morgan fingerprint density at radius 3 is 2.45 bits per heavy atom. The maximum Gasteiger partial charge on any atom is 0.119 e. The van der Waals surface area contributed by atoms with Gasteiger partial charge in [-0.25, -0.2) is 4.98 Å². The number of rotatable bonds is 8.